The predicted octanol–water partition coefficient (Wildman–Crippen LogP) is 4.88. The normalized spacial score (nSPS) is 12.7. The molecule has 0 radical (unpaired) electrons. The number of nitrogens with one attached hydrogen (secondary N) is 1. The van der Waals surface area contributed by atoms with Crippen molar-refractivity contribution in [2.75, 3.05) is 6.54 Å². The molecule has 1 aromatic heterocycles. The minimum atomic E-state index is 0.213. The molecular weight excluding hydrogens is 361 g/mol. The van der Waals surface area contributed by atoms with Crippen LogP contribution in [0, 0.1) is 3.57 Å². The average molecular weight is 376 g/mol. The van der Waals surface area contributed by atoms with E-state index in [9.17, 15) is 0 Å². The van der Waals surface area contributed by atoms with E-state index in [0.717, 1.165) is 27.2 Å². The van der Waals surface area contributed by atoms with Gasteiger partial charge in [-0.2, -0.15) is 0 Å². The summed E-state index contributed by atoms with van der Waals surface area (Å²) >= 11 is 8.47. The summed E-state index contributed by atoms with van der Waals surface area (Å²) < 4.78 is 7.01. The molecule has 4 heteroatoms. The fourth-order valence-corrected chi connectivity index (χ4v) is 2.53. The lowest BCUT2D eigenvalue weighted by molar-refractivity contribution is 0.445. The molecule has 0 aliphatic carbocycles. The molecule has 18 heavy (non-hydrogen) atoms. The highest BCUT2D eigenvalue weighted by molar-refractivity contribution is 14.1. The molecule has 96 valence electrons. The van der Waals surface area contributed by atoms with Crippen LogP contribution in [0.15, 0.2) is 34.7 Å². The summed E-state index contributed by atoms with van der Waals surface area (Å²) in [5, 5.41) is 4.04. The maximum Gasteiger partial charge on any atom is 0.135 e. The molecule has 0 amide bonds. The second-order valence-electron chi connectivity index (χ2n) is 4.11. The van der Waals surface area contributed by atoms with Crippen molar-refractivity contribution in [3.63, 3.8) is 0 Å². The Balaban J connectivity index is 2.32. The number of halogens is 2. The predicted molar refractivity (Wildman–Crippen MR) is 84.0 cm³/mol. The summed E-state index contributed by atoms with van der Waals surface area (Å²) in [6.07, 6.45) is 0. The van der Waals surface area contributed by atoms with Gasteiger partial charge < -0.3 is 9.73 Å². The molecule has 1 aromatic carbocycles. The van der Waals surface area contributed by atoms with Crippen molar-refractivity contribution in [2.24, 2.45) is 0 Å². The first-order valence-electron chi connectivity index (χ1n) is 5.90. The summed E-state index contributed by atoms with van der Waals surface area (Å²) in [5.74, 6) is 1.75. The Morgan fingerprint density at radius 1 is 1.33 bits per heavy atom. The molecule has 2 rings (SSSR count). The van der Waals surface area contributed by atoms with Gasteiger partial charge in [-0.25, -0.2) is 0 Å². The fourth-order valence-electron chi connectivity index (χ4n) is 1.82. The summed E-state index contributed by atoms with van der Waals surface area (Å²) in [4.78, 5) is 0. The number of rotatable bonds is 4. The second kappa shape index (κ2) is 6.08. The van der Waals surface area contributed by atoms with Gasteiger partial charge in [0.2, 0.25) is 0 Å². The highest BCUT2D eigenvalue weighted by Gasteiger charge is 2.12. The summed E-state index contributed by atoms with van der Waals surface area (Å²) in [6.45, 7) is 5.08. The summed E-state index contributed by atoms with van der Waals surface area (Å²) in [7, 11) is 0. The Kier molecular flexibility index (Phi) is 4.70. The van der Waals surface area contributed by atoms with Gasteiger partial charge in [0, 0.05) is 9.13 Å². The number of hydrogen-bond donors (Lipinski definition) is 1. The van der Waals surface area contributed by atoms with E-state index >= 15 is 0 Å². The Morgan fingerprint density at radius 2 is 2.11 bits per heavy atom. The first-order valence-corrected chi connectivity index (χ1v) is 7.36. The van der Waals surface area contributed by atoms with Gasteiger partial charge in [0.1, 0.15) is 11.5 Å². The third kappa shape index (κ3) is 3.08. The maximum absolute atomic E-state index is 6.20. The SMILES string of the molecule is CCNC(C)c1ccc(-c2cc(I)ccc2Cl)o1. The van der Waals surface area contributed by atoms with E-state index in [-0.39, 0.29) is 6.04 Å². The Bertz CT molecular complexity index is 538. The second-order valence-corrected chi connectivity index (χ2v) is 5.76. The summed E-state index contributed by atoms with van der Waals surface area (Å²) in [6, 6.07) is 10.1. The first kappa shape index (κ1) is 13.9. The van der Waals surface area contributed by atoms with Crippen LogP contribution in [0.25, 0.3) is 11.3 Å². The molecule has 1 N–H and O–H groups in total. The lowest BCUT2D eigenvalue weighted by Crippen LogP contribution is -2.16. The van der Waals surface area contributed by atoms with Crippen LogP contribution in [0.2, 0.25) is 5.02 Å². The maximum atomic E-state index is 6.20. The van der Waals surface area contributed by atoms with Crippen LogP contribution < -0.4 is 5.32 Å². The molecule has 2 aromatic rings. The molecule has 0 aliphatic rings. The molecule has 0 saturated carbocycles. The van der Waals surface area contributed by atoms with E-state index in [0.29, 0.717) is 5.02 Å². The standard InChI is InChI=1S/C14H15ClINO/c1-3-17-9(2)13-6-7-14(18-13)11-8-10(16)4-5-12(11)15/h4-9,17H,3H2,1-2H3. The number of furan rings is 1. The fraction of sp³-hybridized carbons (Fsp3) is 0.286. The van der Waals surface area contributed by atoms with E-state index in [2.05, 4.69) is 41.8 Å². The molecule has 2 nitrogen and oxygen atoms in total. The molecule has 0 aliphatic heterocycles. The van der Waals surface area contributed by atoms with Gasteiger partial charge in [-0.3, -0.25) is 0 Å². The van der Waals surface area contributed by atoms with Crippen molar-refractivity contribution >= 4 is 34.2 Å². The van der Waals surface area contributed by atoms with Crippen LogP contribution in [-0.4, -0.2) is 6.54 Å². The van der Waals surface area contributed by atoms with Gasteiger partial charge in [0.05, 0.1) is 11.1 Å². The van der Waals surface area contributed by atoms with E-state index in [4.69, 9.17) is 16.0 Å². The number of hydrogen-bond acceptors (Lipinski definition) is 2. The lowest BCUT2D eigenvalue weighted by Gasteiger charge is -2.08. The van der Waals surface area contributed by atoms with E-state index in [1.54, 1.807) is 0 Å². The van der Waals surface area contributed by atoms with Gasteiger partial charge in [0.15, 0.2) is 0 Å². The molecule has 1 unspecified atom stereocenters. The minimum absolute atomic E-state index is 0.213. The van der Waals surface area contributed by atoms with Gasteiger partial charge >= 0.3 is 0 Å². The van der Waals surface area contributed by atoms with Crippen molar-refractivity contribution in [1.82, 2.24) is 5.32 Å². The van der Waals surface area contributed by atoms with Crippen LogP contribution >= 0.6 is 34.2 Å². The van der Waals surface area contributed by atoms with E-state index < -0.39 is 0 Å². The van der Waals surface area contributed by atoms with Crippen LogP contribution in [0.4, 0.5) is 0 Å². The topological polar surface area (TPSA) is 25.2 Å². The first-order chi connectivity index (χ1) is 8.61. The molecule has 1 heterocycles. The molecule has 1 atom stereocenters. The molecular formula is C14H15ClINO. The van der Waals surface area contributed by atoms with Gasteiger partial charge in [-0.05, 0) is 66.4 Å². The zero-order valence-corrected chi connectivity index (χ0v) is 13.2. The Hall–Kier alpha value is -0.520. The van der Waals surface area contributed by atoms with Crippen molar-refractivity contribution in [1.29, 1.82) is 0 Å². The van der Waals surface area contributed by atoms with Crippen molar-refractivity contribution < 1.29 is 4.42 Å². The van der Waals surface area contributed by atoms with E-state index in [1.165, 1.54) is 0 Å². The highest BCUT2D eigenvalue weighted by atomic mass is 127. The third-order valence-electron chi connectivity index (χ3n) is 2.76. The molecule has 0 fully saturated rings. The largest absolute Gasteiger partial charge is 0.459 e. The average Bonchev–Trinajstić information content (AvgIpc) is 2.82. The van der Waals surface area contributed by atoms with E-state index in [1.807, 2.05) is 30.3 Å². The zero-order valence-electron chi connectivity index (χ0n) is 10.3. The number of benzene rings is 1. The third-order valence-corrected chi connectivity index (χ3v) is 3.76. The van der Waals surface area contributed by atoms with Gasteiger partial charge in [-0.1, -0.05) is 18.5 Å². The highest BCUT2D eigenvalue weighted by Crippen LogP contribution is 2.32. The van der Waals surface area contributed by atoms with Crippen LogP contribution in [-0.2, 0) is 0 Å². The Morgan fingerprint density at radius 3 is 2.83 bits per heavy atom. The van der Waals surface area contributed by atoms with Crippen molar-refractivity contribution in [3.8, 4) is 11.3 Å². The molecule has 0 bridgehead atoms. The quantitative estimate of drug-likeness (QED) is 0.771. The van der Waals surface area contributed by atoms with Gasteiger partial charge in [0.25, 0.3) is 0 Å². The molecule has 0 saturated heterocycles. The van der Waals surface area contributed by atoms with Crippen LogP contribution in [0.3, 0.4) is 0 Å². The van der Waals surface area contributed by atoms with Crippen molar-refractivity contribution in [2.45, 2.75) is 19.9 Å². The smallest absolute Gasteiger partial charge is 0.135 e. The van der Waals surface area contributed by atoms with Crippen molar-refractivity contribution in [3.05, 3.63) is 44.7 Å². The Labute approximate surface area is 126 Å². The summed E-state index contributed by atoms with van der Waals surface area (Å²) in [5.41, 5.74) is 0.943. The lowest BCUT2D eigenvalue weighted by atomic mass is 10.2. The van der Waals surface area contributed by atoms with Crippen LogP contribution in [0.1, 0.15) is 25.6 Å². The molecule has 0 spiro atoms. The van der Waals surface area contributed by atoms with Gasteiger partial charge in [-0.15, -0.1) is 0 Å². The minimum Gasteiger partial charge on any atom is -0.459 e. The zero-order chi connectivity index (χ0) is 13.1. The van der Waals surface area contributed by atoms with Crippen LogP contribution in [0.5, 0.6) is 0 Å². The monoisotopic (exact) mass is 375 g/mol.